The lowest BCUT2D eigenvalue weighted by atomic mass is 10.1. The average Bonchev–Trinajstić information content (AvgIpc) is 3.14. The zero-order valence-corrected chi connectivity index (χ0v) is 14.3. The fourth-order valence-corrected chi connectivity index (χ4v) is 3.96. The van der Waals surface area contributed by atoms with Crippen LogP contribution in [-0.4, -0.2) is 71.9 Å². The molecule has 1 amide bonds. The van der Waals surface area contributed by atoms with Crippen LogP contribution in [0.2, 0.25) is 0 Å². The quantitative estimate of drug-likeness (QED) is 0.770. The summed E-state index contributed by atoms with van der Waals surface area (Å²) in [7, 11) is -3.11. The van der Waals surface area contributed by atoms with Gasteiger partial charge in [0.15, 0.2) is 0 Å². The van der Waals surface area contributed by atoms with Crippen molar-refractivity contribution < 1.29 is 13.2 Å². The molecule has 0 unspecified atom stereocenters. The van der Waals surface area contributed by atoms with Crippen molar-refractivity contribution in [1.29, 1.82) is 0 Å². The lowest BCUT2D eigenvalue weighted by Crippen LogP contribution is -2.44. The fraction of sp³-hybridized carbons (Fsp3) is 0.733. The Labute approximate surface area is 137 Å². The second kappa shape index (κ2) is 6.60. The van der Waals surface area contributed by atoms with E-state index in [2.05, 4.69) is 14.5 Å². The first kappa shape index (κ1) is 16.4. The van der Waals surface area contributed by atoms with Crippen molar-refractivity contribution in [2.75, 3.05) is 38.2 Å². The van der Waals surface area contributed by atoms with Gasteiger partial charge in [-0.1, -0.05) is 0 Å². The summed E-state index contributed by atoms with van der Waals surface area (Å²) in [5.41, 5.74) is 1.02. The summed E-state index contributed by atoms with van der Waals surface area (Å²) < 4.78 is 24.7. The molecule has 0 aliphatic carbocycles. The van der Waals surface area contributed by atoms with Crippen LogP contribution in [0.4, 0.5) is 0 Å². The third kappa shape index (κ3) is 4.11. The number of hydrogen-bond acceptors (Lipinski definition) is 5. The van der Waals surface area contributed by atoms with Crippen molar-refractivity contribution in [3.63, 3.8) is 0 Å². The number of amides is 1. The van der Waals surface area contributed by atoms with Gasteiger partial charge in [0.05, 0.1) is 30.4 Å². The third-order valence-electron chi connectivity index (χ3n) is 4.63. The molecule has 2 aliphatic rings. The molecule has 0 saturated carbocycles. The molecule has 0 N–H and O–H groups in total. The molecule has 1 saturated heterocycles. The topological polar surface area (TPSA) is 75.5 Å². The first-order chi connectivity index (χ1) is 10.9. The molecule has 2 aliphatic heterocycles. The lowest BCUT2D eigenvalue weighted by molar-refractivity contribution is -0.132. The Morgan fingerprint density at radius 1 is 1.35 bits per heavy atom. The van der Waals surface area contributed by atoms with Crippen molar-refractivity contribution in [2.24, 2.45) is 0 Å². The van der Waals surface area contributed by atoms with Gasteiger partial charge in [0.25, 0.3) is 0 Å². The Kier molecular flexibility index (Phi) is 4.72. The maximum absolute atomic E-state index is 12.4. The third-order valence-corrected chi connectivity index (χ3v) is 5.58. The van der Waals surface area contributed by atoms with Gasteiger partial charge in [-0.2, -0.15) is 0 Å². The normalized spacial score (nSPS) is 22.3. The maximum atomic E-state index is 12.4. The van der Waals surface area contributed by atoms with Crippen LogP contribution < -0.4 is 0 Å². The van der Waals surface area contributed by atoms with E-state index in [9.17, 15) is 13.2 Å². The summed E-state index contributed by atoms with van der Waals surface area (Å²) in [6.45, 7) is 4.28. The smallest absolute Gasteiger partial charge is 0.224 e. The van der Waals surface area contributed by atoms with Crippen molar-refractivity contribution in [2.45, 2.75) is 31.8 Å². The van der Waals surface area contributed by atoms with Crippen molar-refractivity contribution >= 4 is 15.7 Å². The predicted octanol–water partition coefficient (Wildman–Crippen LogP) is 0.297. The summed E-state index contributed by atoms with van der Waals surface area (Å²) in [6.07, 6.45) is 7.34. The number of carbonyl (C=O) groups excluding carboxylic acids is 1. The number of nitrogens with zero attached hydrogens (tertiary/aromatic N) is 4. The van der Waals surface area contributed by atoms with Gasteiger partial charge in [0.1, 0.15) is 9.84 Å². The van der Waals surface area contributed by atoms with Crippen LogP contribution >= 0.6 is 0 Å². The van der Waals surface area contributed by atoms with Gasteiger partial charge in [-0.25, -0.2) is 13.4 Å². The van der Waals surface area contributed by atoms with E-state index < -0.39 is 9.84 Å². The van der Waals surface area contributed by atoms with Crippen molar-refractivity contribution in [3.05, 3.63) is 18.2 Å². The molecule has 1 aromatic heterocycles. The van der Waals surface area contributed by atoms with Gasteiger partial charge in [0, 0.05) is 32.0 Å². The Bertz CT molecular complexity index is 664. The number of carbonyl (C=O) groups is 1. The van der Waals surface area contributed by atoms with Gasteiger partial charge in [-0.15, -0.1) is 0 Å². The number of sulfone groups is 1. The molecular formula is C15H24N4O3S. The molecule has 128 valence electrons. The highest BCUT2D eigenvalue weighted by Crippen LogP contribution is 2.23. The summed E-state index contributed by atoms with van der Waals surface area (Å²) in [5, 5.41) is 0. The van der Waals surface area contributed by atoms with Crippen LogP contribution in [0.3, 0.4) is 0 Å². The Hall–Kier alpha value is -1.41. The predicted molar refractivity (Wildman–Crippen MR) is 86.7 cm³/mol. The van der Waals surface area contributed by atoms with Gasteiger partial charge in [-0.3, -0.25) is 4.79 Å². The standard InChI is InChI=1S/C15H24N4O3S/c1-23(21,22)7-4-15(20)18-10-13-8-16-12-19(13)14(11-18)9-17-5-2-3-6-17/h8,12,14H,2-7,9-11H2,1H3/t14-/m0/s1. The minimum Gasteiger partial charge on any atom is -0.335 e. The van der Waals surface area contributed by atoms with Gasteiger partial charge >= 0.3 is 0 Å². The molecule has 0 aromatic carbocycles. The lowest BCUT2D eigenvalue weighted by Gasteiger charge is -2.36. The summed E-state index contributed by atoms with van der Waals surface area (Å²) in [6, 6.07) is 0.196. The average molecular weight is 340 g/mol. The van der Waals surface area contributed by atoms with Crippen LogP contribution in [0.25, 0.3) is 0 Å². The largest absolute Gasteiger partial charge is 0.335 e. The minimum absolute atomic E-state index is 0.0589. The highest BCUT2D eigenvalue weighted by molar-refractivity contribution is 7.90. The monoisotopic (exact) mass is 340 g/mol. The van der Waals surface area contributed by atoms with Crippen molar-refractivity contribution in [1.82, 2.24) is 19.4 Å². The molecule has 7 nitrogen and oxygen atoms in total. The van der Waals surface area contributed by atoms with Crippen LogP contribution in [0, 0.1) is 0 Å². The highest BCUT2D eigenvalue weighted by atomic mass is 32.2. The maximum Gasteiger partial charge on any atom is 0.224 e. The summed E-state index contributed by atoms with van der Waals surface area (Å²) in [5.74, 6) is -0.174. The minimum atomic E-state index is -3.11. The SMILES string of the molecule is CS(=O)(=O)CCC(=O)N1Cc2cncn2[C@@H](CN2CCCC2)C1. The van der Waals surface area contributed by atoms with E-state index in [4.69, 9.17) is 0 Å². The number of rotatable bonds is 5. The zero-order valence-electron chi connectivity index (χ0n) is 13.5. The Morgan fingerprint density at radius 3 is 2.78 bits per heavy atom. The van der Waals surface area contributed by atoms with E-state index >= 15 is 0 Å². The fourth-order valence-electron chi connectivity index (χ4n) is 3.42. The van der Waals surface area contributed by atoms with E-state index in [-0.39, 0.29) is 24.1 Å². The molecule has 0 bridgehead atoms. The van der Waals surface area contributed by atoms with E-state index in [0.29, 0.717) is 13.1 Å². The second-order valence-electron chi connectivity index (χ2n) is 6.61. The molecular weight excluding hydrogens is 316 g/mol. The number of hydrogen-bond donors (Lipinski definition) is 0. The zero-order chi connectivity index (χ0) is 16.4. The highest BCUT2D eigenvalue weighted by Gasteiger charge is 2.29. The number of aromatic nitrogens is 2. The molecule has 0 spiro atoms. The first-order valence-corrected chi connectivity index (χ1v) is 10.2. The molecule has 23 heavy (non-hydrogen) atoms. The van der Waals surface area contributed by atoms with Crippen LogP contribution in [0.1, 0.15) is 31.0 Å². The van der Waals surface area contributed by atoms with E-state index in [0.717, 1.165) is 25.3 Å². The van der Waals surface area contributed by atoms with E-state index in [1.807, 2.05) is 6.33 Å². The molecule has 1 atom stereocenters. The first-order valence-electron chi connectivity index (χ1n) is 8.11. The number of likely N-dealkylation sites (tertiary alicyclic amines) is 1. The Balaban J connectivity index is 1.68. The van der Waals surface area contributed by atoms with E-state index in [1.165, 1.54) is 19.1 Å². The molecule has 0 radical (unpaired) electrons. The Morgan fingerprint density at radius 2 is 2.09 bits per heavy atom. The molecule has 3 rings (SSSR count). The van der Waals surface area contributed by atoms with Crippen molar-refractivity contribution in [3.8, 4) is 0 Å². The molecule has 1 aromatic rings. The van der Waals surface area contributed by atoms with Crippen LogP contribution in [0.15, 0.2) is 12.5 Å². The molecule has 3 heterocycles. The van der Waals surface area contributed by atoms with Gasteiger partial charge in [0.2, 0.25) is 5.91 Å². The molecule has 8 heteroatoms. The van der Waals surface area contributed by atoms with Gasteiger partial charge in [-0.05, 0) is 25.9 Å². The molecule has 1 fully saturated rings. The summed E-state index contributed by atoms with van der Waals surface area (Å²) >= 11 is 0. The van der Waals surface area contributed by atoms with Gasteiger partial charge < -0.3 is 14.4 Å². The number of imidazole rings is 1. The van der Waals surface area contributed by atoms with Crippen LogP contribution in [-0.2, 0) is 21.2 Å². The van der Waals surface area contributed by atoms with E-state index in [1.54, 1.807) is 11.1 Å². The summed E-state index contributed by atoms with van der Waals surface area (Å²) in [4.78, 5) is 20.8. The number of fused-ring (bicyclic) bond motifs is 1. The second-order valence-corrected chi connectivity index (χ2v) is 8.87. The van der Waals surface area contributed by atoms with Crippen LogP contribution in [0.5, 0.6) is 0 Å².